The Labute approximate surface area is 183 Å². The molecule has 1 aliphatic heterocycles. The lowest BCUT2D eigenvalue weighted by Gasteiger charge is -2.31. The first-order chi connectivity index (χ1) is 15.2. The zero-order chi connectivity index (χ0) is 21.2. The van der Waals surface area contributed by atoms with E-state index >= 15 is 0 Å². The van der Waals surface area contributed by atoms with Crippen LogP contribution in [0.15, 0.2) is 54.7 Å². The van der Waals surface area contributed by atoms with E-state index in [4.69, 9.17) is 0 Å². The van der Waals surface area contributed by atoms with Gasteiger partial charge in [0.15, 0.2) is 5.69 Å². The summed E-state index contributed by atoms with van der Waals surface area (Å²) in [5, 5.41) is 11.3. The molecule has 1 aromatic heterocycles. The number of amides is 1. The molecule has 2 fully saturated rings. The Kier molecular flexibility index (Phi) is 5.55. The minimum atomic E-state index is -0.0975. The van der Waals surface area contributed by atoms with Gasteiger partial charge in [0.25, 0.3) is 5.91 Å². The van der Waals surface area contributed by atoms with E-state index < -0.39 is 0 Å². The highest BCUT2D eigenvalue weighted by molar-refractivity contribution is 5.92. The van der Waals surface area contributed by atoms with E-state index in [1.54, 1.807) is 0 Å². The third kappa shape index (κ3) is 4.69. The highest BCUT2D eigenvalue weighted by Gasteiger charge is 2.26. The second kappa shape index (κ2) is 8.63. The summed E-state index contributed by atoms with van der Waals surface area (Å²) in [5.41, 5.74) is 5.67. The number of piperidine rings is 1. The van der Waals surface area contributed by atoms with E-state index in [0.717, 1.165) is 45.3 Å². The van der Waals surface area contributed by atoms with Crippen LogP contribution in [0.4, 0.5) is 0 Å². The summed E-state index contributed by atoms with van der Waals surface area (Å²) in [6, 6.07) is 18.1. The van der Waals surface area contributed by atoms with Crippen LogP contribution in [-0.2, 0) is 6.54 Å². The van der Waals surface area contributed by atoms with Gasteiger partial charge in [-0.3, -0.25) is 9.69 Å². The van der Waals surface area contributed by atoms with Crippen LogP contribution in [0.25, 0.3) is 11.1 Å². The van der Waals surface area contributed by atoms with Crippen molar-refractivity contribution in [2.24, 2.45) is 0 Å². The molecule has 3 aromatic rings. The maximum Gasteiger partial charge on any atom is 0.273 e. The molecule has 1 saturated carbocycles. The molecule has 0 atom stereocenters. The number of rotatable bonds is 6. The van der Waals surface area contributed by atoms with Gasteiger partial charge in [-0.1, -0.05) is 47.7 Å². The average molecular weight is 416 g/mol. The lowest BCUT2D eigenvalue weighted by Crippen LogP contribution is -2.34. The molecule has 2 aromatic carbocycles. The summed E-state index contributed by atoms with van der Waals surface area (Å²) < 4.78 is 1.89. The monoisotopic (exact) mass is 415 g/mol. The van der Waals surface area contributed by atoms with E-state index in [1.165, 1.54) is 22.3 Å². The minimum Gasteiger partial charge on any atom is -0.348 e. The fourth-order valence-corrected chi connectivity index (χ4v) is 4.38. The van der Waals surface area contributed by atoms with Gasteiger partial charge in [0, 0.05) is 25.7 Å². The Morgan fingerprint density at radius 1 is 1.06 bits per heavy atom. The van der Waals surface area contributed by atoms with Gasteiger partial charge in [0.1, 0.15) is 0 Å². The maximum absolute atomic E-state index is 12.2. The summed E-state index contributed by atoms with van der Waals surface area (Å²) in [6.07, 6.45) is 6.00. The number of hydrogen-bond acceptors (Lipinski definition) is 4. The standard InChI is InChI=1S/C25H29N5O/c1-18-5-2-3-8-23(18)20-7-4-6-19(15-20)16-29-13-11-22(12-14-29)30-17-24(27-28-30)25(31)26-21-9-10-21/h2-8,15,17,21-22H,9-14,16H2,1H3,(H,26,31). The van der Waals surface area contributed by atoms with Crippen molar-refractivity contribution in [1.29, 1.82) is 0 Å². The number of likely N-dealkylation sites (tertiary alicyclic amines) is 1. The zero-order valence-corrected chi connectivity index (χ0v) is 18.0. The number of hydrogen-bond donors (Lipinski definition) is 1. The van der Waals surface area contributed by atoms with Crippen molar-refractivity contribution < 1.29 is 4.79 Å². The van der Waals surface area contributed by atoms with Crippen molar-refractivity contribution in [3.8, 4) is 11.1 Å². The second-order valence-corrected chi connectivity index (χ2v) is 8.85. The van der Waals surface area contributed by atoms with Gasteiger partial charge >= 0.3 is 0 Å². The predicted octanol–water partition coefficient (Wildman–Crippen LogP) is 3.98. The lowest BCUT2D eigenvalue weighted by atomic mass is 9.98. The van der Waals surface area contributed by atoms with Crippen molar-refractivity contribution in [1.82, 2.24) is 25.2 Å². The molecular formula is C25H29N5O. The second-order valence-electron chi connectivity index (χ2n) is 8.85. The van der Waals surface area contributed by atoms with E-state index in [0.29, 0.717) is 17.8 Å². The van der Waals surface area contributed by atoms with E-state index in [1.807, 2.05) is 10.9 Å². The molecule has 6 heteroatoms. The Balaban J connectivity index is 1.18. The van der Waals surface area contributed by atoms with Crippen LogP contribution in [0, 0.1) is 6.92 Å². The normalized spacial score (nSPS) is 17.6. The number of aromatic nitrogens is 3. The molecule has 0 spiro atoms. The molecule has 2 aliphatic rings. The lowest BCUT2D eigenvalue weighted by molar-refractivity contribution is 0.0946. The molecule has 5 rings (SSSR count). The molecule has 0 unspecified atom stereocenters. The molecule has 1 saturated heterocycles. The number of nitrogens with one attached hydrogen (secondary N) is 1. The van der Waals surface area contributed by atoms with Gasteiger partial charge < -0.3 is 5.32 Å². The number of aryl methyl sites for hydroxylation is 1. The molecule has 1 N–H and O–H groups in total. The smallest absolute Gasteiger partial charge is 0.273 e. The fourth-order valence-electron chi connectivity index (χ4n) is 4.38. The van der Waals surface area contributed by atoms with Crippen molar-refractivity contribution >= 4 is 5.91 Å². The molecule has 1 amide bonds. The molecule has 160 valence electrons. The van der Waals surface area contributed by atoms with Crippen molar-refractivity contribution in [3.05, 3.63) is 71.5 Å². The van der Waals surface area contributed by atoms with Crippen LogP contribution < -0.4 is 5.32 Å². The van der Waals surface area contributed by atoms with Gasteiger partial charge in [-0.05, 0) is 60.9 Å². The first kappa shape index (κ1) is 19.9. The number of carbonyl (C=O) groups excluding carboxylic acids is 1. The number of benzene rings is 2. The molecule has 0 bridgehead atoms. The number of carbonyl (C=O) groups is 1. The minimum absolute atomic E-state index is 0.0975. The first-order valence-electron chi connectivity index (χ1n) is 11.3. The Hall–Kier alpha value is -2.99. The van der Waals surface area contributed by atoms with Gasteiger partial charge in [-0.15, -0.1) is 5.10 Å². The van der Waals surface area contributed by atoms with E-state index in [2.05, 4.69) is 76.0 Å². The van der Waals surface area contributed by atoms with Crippen LogP contribution in [0.5, 0.6) is 0 Å². The Morgan fingerprint density at radius 2 is 1.87 bits per heavy atom. The fraction of sp³-hybridized carbons (Fsp3) is 0.400. The van der Waals surface area contributed by atoms with Crippen LogP contribution in [0.3, 0.4) is 0 Å². The van der Waals surface area contributed by atoms with Crippen molar-refractivity contribution in [2.75, 3.05) is 13.1 Å². The average Bonchev–Trinajstić information content (AvgIpc) is 3.46. The molecule has 6 nitrogen and oxygen atoms in total. The molecular weight excluding hydrogens is 386 g/mol. The summed E-state index contributed by atoms with van der Waals surface area (Å²) in [4.78, 5) is 14.7. The van der Waals surface area contributed by atoms with Gasteiger partial charge in [0.2, 0.25) is 0 Å². The van der Waals surface area contributed by atoms with Crippen LogP contribution in [0.2, 0.25) is 0 Å². The molecule has 1 aliphatic carbocycles. The van der Waals surface area contributed by atoms with Crippen LogP contribution in [-0.4, -0.2) is 44.9 Å². The summed E-state index contributed by atoms with van der Waals surface area (Å²) in [6.45, 7) is 5.15. The van der Waals surface area contributed by atoms with E-state index in [-0.39, 0.29) is 5.91 Å². The predicted molar refractivity (Wildman–Crippen MR) is 121 cm³/mol. The summed E-state index contributed by atoms with van der Waals surface area (Å²) >= 11 is 0. The van der Waals surface area contributed by atoms with Gasteiger partial charge in [-0.2, -0.15) is 0 Å². The number of nitrogens with zero attached hydrogens (tertiary/aromatic N) is 4. The van der Waals surface area contributed by atoms with Crippen molar-refractivity contribution in [2.45, 2.75) is 51.2 Å². The third-order valence-corrected chi connectivity index (χ3v) is 6.38. The van der Waals surface area contributed by atoms with Crippen LogP contribution >= 0.6 is 0 Å². The van der Waals surface area contributed by atoms with Crippen LogP contribution in [0.1, 0.15) is 53.3 Å². The maximum atomic E-state index is 12.2. The Bertz CT molecular complexity index is 1060. The first-order valence-corrected chi connectivity index (χ1v) is 11.3. The highest BCUT2D eigenvalue weighted by Crippen LogP contribution is 2.26. The quantitative estimate of drug-likeness (QED) is 0.661. The molecule has 0 radical (unpaired) electrons. The molecule has 31 heavy (non-hydrogen) atoms. The third-order valence-electron chi connectivity index (χ3n) is 6.38. The van der Waals surface area contributed by atoms with E-state index in [9.17, 15) is 4.79 Å². The van der Waals surface area contributed by atoms with Gasteiger partial charge in [-0.25, -0.2) is 4.68 Å². The topological polar surface area (TPSA) is 63.1 Å². The largest absolute Gasteiger partial charge is 0.348 e. The molecule has 2 heterocycles. The van der Waals surface area contributed by atoms with Crippen molar-refractivity contribution in [3.63, 3.8) is 0 Å². The summed E-state index contributed by atoms with van der Waals surface area (Å²) in [5.74, 6) is -0.0975. The van der Waals surface area contributed by atoms with Gasteiger partial charge in [0.05, 0.1) is 12.2 Å². The zero-order valence-electron chi connectivity index (χ0n) is 18.0. The Morgan fingerprint density at radius 3 is 2.65 bits per heavy atom. The summed E-state index contributed by atoms with van der Waals surface area (Å²) in [7, 11) is 0. The SMILES string of the molecule is Cc1ccccc1-c1cccc(CN2CCC(n3cc(C(=O)NC4CC4)nn3)CC2)c1. The highest BCUT2D eigenvalue weighted by atomic mass is 16.2.